The Bertz CT molecular complexity index is 2420. The topological polar surface area (TPSA) is 144 Å². The van der Waals surface area contributed by atoms with Crippen LogP contribution in [-0.2, 0) is 53.4 Å². The van der Waals surface area contributed by atoms with Crippen LogP contribution in [0.1, 0.15) is 86.3 Å². The van der Waals surface area contributed by atoms with Gasteiger partial charge in [-0.3, -0.25) is 14.5 Å². The lowest BCUT2D eigenvalue weighted by Gasteiger charge is -2.43. The number of nitrogens with one attached hydrogen (secondary N) is 2. The molecule has 0 bridgehead atoms. The molecule has 5 aromatic rings. The number of nitrogens with zero attached hydrogens (tertiary/aromatic N) is 1. The van der Waals surface area contributed by atoms with Crippen molar-refractivity contribution in [3.05, 3.63) is 161 Å². The van der Waals surface area contributed by atoms with Gasteiger partial charge in [-0.1, -0.05) is 122 Å². The van der Waals surface area contributed by atoms with Gasteiger partial charge >= 0.3 is 5.97 Å². The molecule has 2 saturated heterocycles. The smallest absolute Gasteiger partial charge is 0.323 e. The number of aliphatic hydroxyl groups excluding tert-OH is 1. The Kier molecular flexibility index (Phi) is 14.6. The van der Waals surface area contributed by atoms with E-state index in [0.29, 0.717) is 6.54 Å². The summed E-state index contributed by atoms with van der Waals surface area (Å²) in [6.07, 6.45) is 0.574. The first kappa shape index (κ1) is 45.8. The SMILES string of the molecule is Cc1ccc(S(=O)(=O)NC(Cc2ccccc2)C(=O)NCc2cccc(-c3ccc(C4OC(CN5CCCC5C(=O)OC(C)(C)C)C(C)C(c5ccc(CO)cc5)O4)cc3)c2)cc1. The van der Waals surface area contributed by atoms with Crippen LogP contribution in [0.3, 0.4) is 0 Å². The first-order chi connectivity index (χ1) is 30.2. The first-order valence-corrected chi connectivity index (χ1v) is 23.2. The summed E-state index contributed by atoms with van der Waals surface area (Å²) in [7, 11) is -3.98. The van der Waals surface area contributed by atoms with Gasteiger partial charge in [0.25, 0.3) is 0 Å². The number of carbonyl (C=O) groups excluding carboxylic acids is 2. The molecule has 11 nitrogen and oxygen atoms in total. The predicted molar refractivity (Wildman–Crippen MR) is 243 cm³/mol. The van der Waals surface area contributed by atoms with E-state index in [1.54, 1.807) is 12.1 Å². The third-order valence-corrected chi connectivity index (χ3v) is 13.2. The minimum absolute atomic E-state index is 0.0469. The molecule has 12 heteroatoms. The van der Waals surface area contributed by atoms with Crippen LogP contribution in [0.4, 0.5) is 0 Å². The number of hydrogen-bond donors (Lipinski definition) is 3. The number of sulfonamides is 1. The van der Waals surface area contributed by atoms with Crippen molar-refractivity contribution in [3.63, 3.8) is 0 Å². The summed E-state index contributed by atoms with van der Waals surface area (Å²) in [6.45, 7) is 11.1. The van der Waals surface area contributed by atoms with Gasteiger partial charge in [0.15, 0.2) is 6.29 Å². The number of hydrogen-bond acceptors (Lipinski definition) is 9. The molecule has 0 spiro atoms. The van der Waals surface area contributed by atoms with Gasteiger partial charge in [0, 0.05) is 24.6 Å². The van der Waals surface area contributed by atoms with E-state index in [0.717, 1.165) is 63.9 Å². The second-order valence-electron chi connectivity index (χ2n) is 17.7. The van der Waals surface area contributed by atoms with E-state index in [-0.39, 0.29) is 54.6 Å². The minimum Gasteiger partial charge on any atom is -0.459 e. The molecule has 1 amide bonds. The fourth-order valence-corrected chi connectivity index (χ4v) is 9.45. The highest BCUT2D eigenvalue weighted by molar-refractivity contribution is 7.89. The molecule has 2 fully saturated rings. The summed E-state index contributed by atoms with van der Waals surface area (Å²) < 4.78 is 48.7. The fourth-order valence-electron chi connectivity index (χ4n) is 8.26. The van der Waals surface area contributed by atoms with Gasteiger partial charge in [-0.2, -0.15) is 4.72 Å². The second-order valence-corrected chi connectivity index (χ2v) is 19.4. The minimum atomic E-state index is -3.98. The maximum atomic E-state index is 13.7. The summed E-state index contributed by atoms with van der Waals surface area (Å²) in [5.74, 6) is -0.689. The number of esters is 1. The molecule has 2 heterocycles. The van der Waals surface area contributed by atoms with Crippen LogP contribution >= 0.6 is 0 Å². The van der Waals surface area contributed by atoms with Gasteiger partial charge in [0.1, 0.15) is 17.7 Å². The Morgan fingerprint density at radius 2 is 1.51 bits per heavy atom. The van der Waals surface area contributed by atoms with Crippen LogP contribution in [0.5, 0.6) is 0 Å². The number of aryl methyl sites for hydroxylation is 1. The lowest BCUT2D eigenvalue weighted by atomic mass is 9.89. The zero-order valence-electron chi connectivity index (χ0n) is 36.7. The molecule has 0 saturated carbocycles. The highest BCUT2D eigenvalue weighted by atomic mass is 32.2. The van der Waals surface area contributed by atoms with E-state index in [2.05, 4.69) is 21.9 Å². The average Bonchev–Trinajstić information content (AvgIpc) is 3.74. The van der Waals surface area contributed by atoms with E-state index < -0.39 is 33.9 Å². The largest absolute Gasteiger partial charge is 0.459 e. The summed E-state index contributed by atoms with van der Waals surface area (Å²) in [5, 5.41) is 12.7. The molecule has 5 aromatic carbocycles. The van der Waals surface area contributed by atoms with Crippen molar-refractivity contribution in [1.29, 1.82) is 0 Å². The van der Waals surface area contributed by atoms with Crippen LogP contribution in [0.2, 0.25) is 0 Å². The van der Waals surface area contributed by atoms with Gasteiger partial charge in [0.05, 0.1) is 23.7 Å². The van der Waals surface area contributed by atoms with Crippen molar-refractivity contribution >= 4 is 21.9 Å². The Morgan fingerprint density at radius 3 is 2.19 bits per heavy atom. The highest BCUT2D eigenvalue weighted by Crippen LogP contribution is 2.43. The zero-order chi connectivity index (χ0) is 44.7. The van der Waals surface area contributed by atoms with Crippen LogP contribution in [0.25, 0.3) is 11.1 Å². The molecule has 332 valence electrons. The molecule has 6 unspecified atom stereocenters. The Balaban J connectivity index is 1.06. The van der Waals surface area contributed by atoms with Crippen molar-refractivity contribution in [3.8, 4) is 11.1 Å². The van der Waals surface area contributed by atoms with Crippen LogP contribution < -0.4 is 10.0 Å². The Labute approximate surface area is 371 Å². The van der Waals surface area contributed by atoms with Crippen molar-refractivity contribution in [2.45, 2.75) is 108 Å². The van der Waals surface area contributed by atoms with E-state index in [4.69, 9.17) is 14.2 Å². The lowest BCUT2D eigenvalue weighted by Crippen LogP contribution is -2.48. The van der Waals surface area contributed by atoms with E-state index >= 15 is 0 Å². The molecule has 0 aliphatic carbocycles. The van der Waals surface area contributed by atoms with E-state index in [1.807, 2.05) is 131 Å². The van der Waals surface area contributed by atoms with Crippen molar-refractivity contribution in [2.24, 2.45) is 5.92 Å². The molecule has 2 aliphatic heterocycles. The van der Waals surface area contributed by atoms with Crippen LogP contribution in [-0.4, -0.2) is 67.2 Å². The maximum absolute atomic E-state index is 13.7. The van der Waals surface area contributed by atoms with Gasteiger partial charge in [0.2, 0.25) is 15.9 Å². The summed E-state index contributed by atoms with van der Waals surface area (Å²) in [4.78, 5) is 29.3. The fraction of sp³-hybridized carbons (Fsp3) is 0.373. The average molecular weight is 874 g/mol. The Hall–Kier alpha value is -5.21. The van der Waals surface area contributed by atoms with Crippen molar-refractivity contribution < 1.29 is 37.3 Å². The third-order valence-electron chi connectivity index (χ3n) is 11.7. The molecule has 7 rings (SSSR count). The monoisotopic (exact) mass is 873 g/mol. The number of amides is 1. The summed E-state index contributed by atoms with van der Waals surface area (Å²) in [5.41, 5.74) is 6.58. The summed E-state index contributed by atoms with van der Waals surface area (Å²) in [6, 6.07) is 38.2. The van der Waals surface area contributed by atoms with Gasteiger partial charge in [-0.15, -0.1) is 0 Å². The van der Waals surface area contributed by atoms with Gasteiger partial charge in [-0.05, 0) is 105 Å². The van der Waals surface area contributed by atoms with Gasteiger partial charge < -0.3 is 24.6 Å². The standard InChI is InChI=1S/C51H59N3O8S/c1-34-16-26-43(27-17-34)63(58,59)53-44(30-36-11-7-6-8-12-36)48(56)52-31-38-13-9-14-42(29-38)39-22-24-41(25-23-39)50-60-46(32-54-28-10-15-45(54)49(57)62-51(3,4)5)35(2)47(61-50)40-20-18-37(33-55)19-21-40/h6-9,11-14,16-27,29,35,44-47,50,53,55H,10,15,28,30-33H2,1-5H3,(H,52,56). The lowest BCUT2D eigenvalue weighted by molar-refractivity contribution is -0.276. The molecule has 6 atom stereocenters. The highest BCUT2D eigenvalue weighted by Gasteiger charge is 2.42. The molecular formula is C51H59N3O8S. The number of ether oxygens (including phenoxy) is 3. The van der Waals surface area contributed by atoms with Crippen molar-refractivity contribution in [1.82, 2.24) is 14.9 Å². The zero-order valence-corrected chi connectivity index (χ0v) is 37.5. The number of likely N-dealkylation sites (tertiary alicyclic amines) is 1. The molecule has 0 radical (unpaired) electrons. The predicted octanol–water partition coefficient (Wildman–Crippen LogP) is 7.96. The number of carbonyl (C=O) groups is 2. The molecule has 0 aromatic heterocycles. The van der Waals surface area contributed by atoms with Crippen LogP contribution in [0.15, 0.2) is 132 Å². The maximum Gasteiger partial charge on any atom is 0.323 e. The van der Waals surface area contributed by atoms with E-state index in [9.17, 15) is 23.1 Å². The molecule has 2 aliphatic rings. The quantitative estimate of drug-likeness (QED) is 0.0894. The summed E-state index contributed by atoms with van der Waals surface area (Å²) >= 11 is 0. The Morgan fingerprint density at radius 1 is 0.825 bits per heavy atom. The van der Waals surface area contributed by atoms with Crippen LogP contribution in [0, 0.1) is 12.8 Å². The van der Waals surface area contributed by atoms with Gasteiger partial charge in [-0.25, -0.2) is 8.42 Å². The molecule has 3 N–H and O–H groups in total. The van der Waals surface area contributed by atoms with Crippen molar-refractivity contribution in [2.75, 3.05) is 13.1 Å². The number of rotatable bonds is 15. The first-order valence-electron chi connectivity index (χ1n) is 21.7. The molecule has 63 heavy (non-hydrogen) atoms. The number of benzene rings is 5. The normalized spacial score (nSPS) is 21.1. The van der Waals surface area contributed by atoms with E-state index in [1.165, 1.54) is 12.1 Å². The third kappa shape index (κ3) is 11.9. The second kappa shape index (κ2) is 20.1. The number of aliphatic hydroxyl groups is 1. The molecular weight excluding hydrogens is 815 g/mol.